The first kappa shape index (κ1) is 20.2. The Balaban J connectivity index is 2.41. The molecule has 1 amide bonds. The number of carbonyl (C=O) groups is 1. The fourth-order valence-electron chi connectivity index (χ4n) is 2.33. The molecule has 0 aromatic carbocycles. The molecule has 0 saturated carbocycles. The smallest absolute Gasteiger partial charge is 0.350 e. The lowest BCUT2D eigenvalue weighted by atomic mass is 9.94. The molecule has 0 aliphatic rings. The number of nitrogens with two attached hydrogens (primary N) is 1. The van der Waals surface area contributed by atoms with Crippen LogP contribution in [0.5, 0.6) is 0 Å². The van der Waals surface area contributed by atoms with E-state index in [4.69, 9.17) is 17.3 Å². The van der Waals surface area contributed by atoms with Gasteiger partial charge in [0, 0.05) is 18.3 Å². The standard InChI is InChI=1S/C16H19ClF3N5O/c1-3-15(21,4-2)9-23-14(26)10-8-24-25(12(10)16(18,19)20)13-11(17)6-5-7-22-13/h5-8H,3-4,9,21H2,1-2H3,(H,23,26). The van der Waals surface area contributed by atoms with Crippen molar-refractivity contribution in [2.45, 2.75) is 38.4 Å². The monoisotopic (exact) mass is 389 g/mol. The topological polar surface area (TPSA) is 85.8 Å². The van der Waals surface area contributed by atoms with Crippen LogP contribution >= 0.6 is 11.6 Å². The number of nitrogens with one attached hydrogen (secondary N) is 1. The summed E-state index contributed by atoms with van der Waals surface area (Å²) < 4.78 is 41.3. The number of nitrogens with zero attached hydrogens (tertiary/aromatic N) is 3. The average molecular weight is 390 g/mol. The molecule has 2 aromatic rings. The van der Waals surface area contributed by atoms with Gasteiger partial charge in [-0.3, -0.25) is 4.79 Å². The number of aromatic nitrogens is 3. The third-order valence-electron chi connectivity index (χ3n) is 4.23. The maximum atomic E-state index is 13.6. The van der Waals surface area contributed by atoms with Gasteiger partial charge in [-0.05, 0) is 25.0 Å². The highest BCUT2D eigenvalue weighted by molar-refractivity contribution is 6.32. The zero-order chi connectivity index (χ0) is 19.5. The van der Waals surface area contributed by atoms with Gasteiger partial charge in [0.05, 0.1) is 16.8 Å². The van der Waals surface area contributed by atoms with Crippen molar-refractivity contribution in [1.82, 2.24) is 20.1 Å². The fourth-order valence-corrected chi connectivity index (χ4v) is 2.53. The Hall–Kier alpha value is -2.13. The van der Waals surface area contributed by atoms with E-state index in [1.54, 1.807) is 0 Å². The van der Waals surface area contributed by atoms with Crippen LogP contribution in [-0.2, 0) is 6.18 Å². The number of halogens is 4. The third-order valence-corrected chi connectivity index (χ3v) is 4.53. The molecule has 2 heterocycles. The van der Waals surface area contributed by atoms with E-state index in [2.05, 4.69) is 15.4 Å². The summed E-state index contributed by atoms with van der Waals surface area (Å²) >= 11 is 5.92. The van der Waals surface area contributed by atoms with E-state index in [1.165, 1.54) is 18.3 Å². The van der Waals surface area contributed by atoms with Crippen LogP contribution < -0.4 is 11.1 Å². The Labute approximate surface area is 153 Å². The maximum Gasteiger partial charge on any atom is 0.434 e. The van der Waals surface area contributed by atoms with E-state index in [9.17, 15) is 18.0 Å². The zero-order valence-corrected chi connectivity index (χ0v) is 15.0. The van der Waals surface area contributed by atoms with Crippen LogP contribution in [0, 0.1) is 0 Å². The molecular formula is C16H19ClF3N5O. The average Bonchev–Trinajstić information content (AvgIpc) is 3.05. The summed E-state index contributed by atoms with van der Waals surface area (Å²) in [6.45, 7) is 3.74. The lowest BCUT2D eigenvalue weighted by Gasteiger charge is -2.26. The molecule has 26 heavy (non-hydrogen) atoms. The van der Waals surface area contributed by atoms with Gasteiger partial charge >= 0.3 is 6.18 Å². The summed E-state index contributed by atoms with van der Waals surface area (Å²) in [6.07, 6.45) is -1.57. The quantitative estimate of drug-likeness (QED) is 0.794. The molecule has 2 rings (SSSR count). The van der Waals surface area contributed by atoms with Crippen LogP contribution in [0.25, 0.3) is 5.82 Å². The molecule has 142 valence electrons. The largest absolute Gasteiger partial charge is 0.434 e. The predicted octanol–water partition coefficient (Wildman–Crippen LogP) is 3.19. The number of carbonyl (C=O) groups excluding carboxylic acids is 1. The van der Waals surface area contributed by atoms with Crippen LogP contribution in [0.2, 0.25) is 5.02 Å². The number of hydrogen-bond donors (Lipinski definition) is 2. The van der Waals surface area contributed by atoms with Gasteiger partial charge in [-0.25, -0.2) is 9.67 Å². The number of rotatable bonds is 6. The summed E-state index contributed by atoms with van der Waals surface area (Å²) in [7, 11) is 0. The van der Waals surface area contributed by atoms with Crippen molar-refractivity contribution in [3.05, 3.63) is 40.8 Å². The maximum absolute atomic E-state index is 13.6. The number of hydrogen-bond acceptors (Lipinski definition) is 4. The predicted molar refractivity (Wildman–Crippen MR) is 91.2 cm³/mol. The normalized spacial score (nSPS) is 12.3. The second kappa shape index (κ2) is 7.63. The van der Waals surface area contributed by atoms with Gasteiger partial charge in [-0.2, -0.15) is 18.3 Å². The Morgan fingerprint density at radius 2 is 2.00 bits per heavy atom. The Bertz CT molecular complexity index is 786. The Morgan fingerprint density at radius 1 is 1.35 bits per heavy atom. The van der Waals surface area contributed by atoms with E-state index in [-0.39, 0.29) is 17.4 Å². The molecule has 0 saturated heterocycles. The SMILES string of the molecule is CCC(N)(CC)CNC(=O)c1cnn(-c2ncccc2Cl)c1C(F)(F)F. The lowest BCUT2D eigenvalue weighted by Crippen LogP contribution is -2.49. The van der Waals surface area contributed by atoms with Crippen molar-refractivity contribution in [2.24, 2.45) is 5.73 Å². The van der Waals surface area contributed by atoms with Gasteiger partial charge in [-0.15, -0.1) is 0 Å². The van der Waals surface area contributed by atoms with E-state index >= 15 is 0 Å². The van der Waals surface area contributed by atoms with Gasteiger partial charge in [0.25, 0.3) is 5.91 Å². The van der Waals surface area contributed by atoms with Gasteiger partial charge in [0.1, 0.15) is 0 Å². The third kappa shape index (κ3) is 4.16. The van der Waals surface area contributed by atoms with Crippen LogP contribution in [0.15, 0.2) is 24.5 Å². The molecule has 10 heteroatoms. The zero-order valence-electron chi connectivity index (χ0n) is 14.3. The summed E-state index contributed by atoms with van der Waals surface area (Å²) in [6, 6.07) is 2.86. The van der Waals surface area contributed by atoms with Crippen LogP contribution in [0.4, 0.5) is 13.2 Å². The van der Waals surface area contributed by atoms with E-state index < -0.39 is 28.9 Å². The van der Waals surface area contributed by atoms with Gasteiger partial charge in [0.2, 0.25) is 0 Å². The molecule has 0 radical (unpaired) electrons. The molecule has 0 aliphatic carbocycles. The Kier molecular flexibility index (Phi) is 5.92. The molecule has 0 spiro atoms. The highest BCUT2D eigenvalue weighted by Gasteiger charge is 2.41. The first-order valence-electron chi connectivity index (χ1n) is 7.96. The highest BCUT2D eigenvalue weighted by atomic mass is 35.5. The number of alkyl halides is 3. The van der Waals surface area contributed by atoms with Crippen molar-refractivity contribution >= 4 is 17.5 Å². The van der Waals surface area contributed by atoms with Gasteiger partial charge in [-0.1, -0.05) is 25.4 Å². The summed E-state index contributed by atoms with van der Waals surface area (Å²) in [5.74, 6) is -1.12. The van der Waals surface area contributed by atoms with Crippen LogP contribution in [-0.4, -0.2) is 32.8 Å². The molecule has 0 bridgehead atoms. The van der Waals surface area contributed by atoms with Crippen molar-refractivity contribution in [1.29, 1.82) is 0 Å². The first-order chi connectivity index (χ1) is 12.1. The van der Waals surface area contributed by atoms with Crippen molar-refractivity contribution in [3.8, 4) is 5.82 Å². The van der Waals surface area contributed by atoms with Gasteiger partial charge < -0.3 is 11.1 Å². The summed E-state index contributed by atoms with van der Waals surface area (Å²) in [5.41, 5.74) is 3.53. The highest BCUT2D eigenvalue weighted by Crippen LogP contribution is 2.34. The molecule has 0 fully saturated rings. The molecular weight excluding hydrogens is 371 g/mol. The second-order valence-electron chi connectivity index (χ2n) is 5.88. The molecule has 0 atom stereocenters. The van der Waals surface area contributed by atoms with E-state index in [0.29, 0.717) is 17.5 Å². The lowest BCUT2D eigenvalue weighted by molar-refractivity contribution is -0.143. The van der Waals surface area contributed by atoms with E-state index in [1.807, 2.05) is 13.8 Å². The first-order valence-corrected chi connectivity index (χ1v) is 8.34. The second-order valence-corrected chi connectivity index (χ2v) is 6.28. The molecule has 3 N–H and O–H groups in total. The summed E-state index contributed by atoms with van der Waals surface area (Å²) in [5, 5.41) is 6.12. The van der Waals surface area contributed by atoms with Crippen LogP contribution in [0.1, 0.15) is 42.7 Å². The molecule has 6 nitrogen and oxygen atoms in total. The number of amides is 1. The van der Waals surface area contributed by atoms with E-state index in [0.717, 1.165) is 6.20 Å². The van der Waals surface area contributed by atoms with Crippen LogP contribution in [0.3, 0.4) is 0 Å². The molecule has 2 aromatic heterocycles. The van der Waals surface area contributed by atoms with Crippen molar-refractivity contribution < 1.29 is 18.0 Å². The fraction of sp³-hybridized carbons (Fsp3) is 0.438. The minimum atomic E-state index is -4.83. The minimum Gasteiger partial charge on any atom is -0.350 e. The van der Waals surface area contributed by atoms with Gasteiger partial charge in [0.15, 0.2) is 11.5 Å². The summed E-state index contributed by atoms with van der Waals surface area (Å²) in [4.78, 5) is 16.2. The number of pyridine rings is 1. The minimum absolute atomic E-state index is 0.0222. The van der Waals surface area contributed by atoms with Crippen molar-refractivity contribution in [2.75, 3.05) is 6.54 Å². The van der Waals surface area contributed by atoms with Crippen molar-refractivity contribution in [3.63, 3.8) is 0 Å². The molecule has 0 aliphatic heterocycles. The Morgan fingerprint density at radius 3 is 2.54 bits per heavy atom. The molecule has 0 unspecified atom stereocenters.